The molecule has 0 spiro atoms. The van der Waals surface area contributed by atoms with Crippen LogP contribution in [0.1, 0.15) is 73.0 Å². The van der Waals surface area contributed by atoms with E-state index in [0.717, 1.165) is 10.6 Å². The number of halogens is 1. The van der Waals surface area contributed by atoms with Crippen LogP contribution in [0.2, 0.25) is 0 Å². The highest BCUT2D eigenvalue weighted by Gasteiger charge is 2.59. The fraction of sp³-hybridized carbons (Fsp3) is 0.769. The van der Waals surface area contributed by atoms with Crippen molar-refractivity contribution in [3.05, 3.63) is 33.1 Å². The van der Waals surface area contributed by atoms with Crippen LogP contribution in [-0.4, -0.2) is 82.2 Å². The van der Waals surface area contributed by atoms with E-state index in [9.17, 15) is 28.8 Å². The van der Waals surface area contributed by atoms with E-state index >= 15 is 0 Å². The lowest BCUT2D eigenvalue weighted by Crippen LogP contribution is -2.47. The summed E-state index contributed by atoms with van der Waals surface area (Å²) in [5, 5.41) is 11.1. The third kappa shape index (κ3) is 10.5. The molecule has 2 fully saturated rings. The van der Waals surface area contributed by atoms with Crippen molar-refractivity contribution in [1.29, 1.82) is 0 Å². The maximum absolute atomic E-state index is 13.6. The number of carbonyl (C=O) groups excluding carboxylic acids is 2. The number of aromatic nitrogens is 2. The predicted octanol–water partition coefficient (Wildman–Crippen LogP) is 3.67. The van der Waals surface area contributed by atoms with Gasteiger partial charge in [-0.1, -0.05) is 0 Å². The number of aliphatic hydroxyl groups is 1. The number of carbonyl (C=O) groups is 2. The van der Waals surface area contributed by atoms with Gasteiger partial charge in [-0.05, 0) is 47.5 Å². The van der Waals surface area contributed by atoms with Gasteiger partial charge in [-0.25, -0.2) is 28.0 Å². The van der Waals surface area contributed by atoms with E-state index < -0.39 is 87.0 Å². The molecule has 1 aromatic heterocycles. The molecule has 2 aliphatic rings. The number of phosphoric ester groups is 1. The minimum atomic E-state index is -4.71. The molecule has 2 heterocycles. The van der Waals surface area contributed by atoms with Gasteiger partial charge in [0.05, 0.1) is 24.7 Å². The number of rotatable bonds is 15. The lowest BCUT2D eigenvalue weighted by molar-refractivity contribution is -0.277. The van der Waals surface area contributed by atoms with Gasteiger partial charge in [0, 0.05) is 31.5 Å². The number of H-pyrrole nitrogens is 1. The van der Waals surface area contributed by atoms with Crippen molar-refractivity contribution in [3.63, 3.8) is 0 Å². The molecule has 1 saturated carbocycles. The van der Waals surface area contributed by atoms with Gasteiger partial charge < -0.3 is 33.5 Å². The van der Waals surface area contributed by atoms with Gasteiger partial charge in [0.25, 0.3) is 5.56 Å². The van der Waals surface area contributed by atoms with Crippen LogP contribution in [0.25, 0.3) is 0 Å². The zero-order valence-corrected chi connectivity index (χ0v) is 27.3. The Labute approximate surface area is 263 Å². The first-order chi connectivity index (χ1) is 21.0. The van der Waals surface area contributed by atoms with Crippen molar-refractivity contribution in [3.8, 4) is 0 Å². The zero-order valence-electron chi connectivity index (χ0n) is 25.7. The number of hydrogen-bond donors (Lipinski definition) is 2. The first kappa shape index (κ1) is 37.0. The molecule has 1 saturated heterocycles. The van der Waals surface area contributed by atoms with Crippen LogP contribution in [0.5, 0.6) is 0 Å². The molecule has 1 aliphatic heterocycles. The zero-order chi connectivity index (χ0) is 33.5. The van der Waals surface area contributed by atoms with Crippen LogP contribution in [0, 0.1) is 0 Å². The highest BCUT2D eigenvalue weighted by molar-refractivity contribution is 7.48. The fourth-order valence-corrected chi connectivity index (χ4v) is 6.10. The molecular formula is C26H40ClN2O15P. The molecule has 2 N–H and O–H groups in total. The molecule has 0 aromatic carbocycles. The van der Waals surface area contributed by atoms with Gasteiger partial charge in [-0.2, -0.15) is 0 Å². The molecule has 256 valence electrons. The van der Waals surface area contributed by atoms with E-state index in [1.165, 1.54) is 6.20 Å². The average Bonchev–Trinajstić information content (AvgIpc) is 3.47. The average molecular weight is 687 g/mol. The molecule has 0 bridgehead atoms. The van der Waals surface area contributed by atoms with Gasteiger partial charge in [0.15, 0.2) is 12.0 Å². The summed E-state index contributed by atoms with van der Waals surface area (Å²) in [6.45, 7) is 5.40. The van der Waals surface area contributed by atoms with Crippen molar-refractivity contribution >= 4 is 31.7 Å². The summed E-state index contributed by atoms with van der Waals surface area (Å²) in [5.41, 5.74) is -4.45. The number of phosphoric acid groups is 1. The maximum Gasteiger partial charge on any atom is 0.510 e. The topological polar surface area (TPSA) is 209 Å². The van der Waals surface area contributed by atoms with E-state index in [1.807, 2.05) is 0 Å². The summed E-state index contributed by atoms with van der Waals surface area (Å²) in [5.74, 6) is -1.84. The molecule has 17 nitrogen and oxygen atoms in total. The molecule has 45 heavy (non-hydrogen) atoms. The SMILES string of the molecule is CC(C)OC(=O)OCOP(=O)(OCOC(=O)OC(C)C)OC[C@]1(CCl)C[C@@](C)(OC2(O)CCCC2)[C@H](n2ccc(=O)[nH]c2=O)O1. The lowest BCUT2D eigenvalue weighted by Gasteiger charge is -2.37. The van der Waals surface area contributed by atoms with Crippen molar-refractivity contribution < 1.29 is 61.3 Å². The molecule has 0 radical (unpaired) electrons. The number of nitrogens with one attached hydrogen (secondary N) is 1. The second-order valence-electron chi connectivity index (χ2n) is 11.4. The standard InChI is InChI=1S/C26H40ClN2O15P/c1-17(2)41-22(32)36-15-39-45(35,40-16-37-23(33)42-18(3)4)38-14-25(13-27)12-24(5,44-26(34)9-6-7-10-26)20(43-25)29-11-8-19(30)28-21(29)31/h8,11,17-18,20,34H,6-7,9-10,12-16H2,1-5H3,(H,28,30,31)/t20-,24-,25-/m1/s1. The van der Waals surface area contributed by atoms with E-state index in [-0.39, 0.29) is 12.3 Å². The number of aromatic amines is 1. The minimum absolute atomic E-state index is 0.115. The highest BCUT2D eigenvalue weighted by atomic mass is 35.5. The van der Waals surface area contributed by atoms with Crippen LogP contribution in [0.3, 0.4) is 0 Å². The molecule has 1 aliphatic carbocycles. The van der Waals surface area contributed by atoms with Gasteiger partial charge in [-0.15, -0.1) is 11.6 Å². The summed E-state index contributed by atoms with van der Waals surface area (Å²) in [4.78, 5) is 50.2. The second-order valence-corrected chi connectivity index (χ2v) is 13.3. The Hall–Kier alpha value is -2.50. The third-order valence-corrected chi connectivity index (χ3v) is 8.41. The normalized spacial score (nSPS) is 24.6. The Morgan fingerprint density at radius 2 is 1.62 bits per heavy atom. The summed E-state index contributed by atoms with van der Waals surface area (Å²) in [6.07, 6.45) is -1.37. The van der Waals surface area contributed by atoms with Crippen LogP contribution in [0.15, 0.2) is 21.9 Å². The smallest absolute Gasteiger partial charge is 0.432 e. The Bertz CT molecular complexity index is 1300. The van der Waals surface area contributed by atoms with Gasteiger partial charge in [0.1, 0.15) is 11.2 Å². The lowest BCUT2D eigenvalue weighted by atomic mass is 9.92. The van der Waals surface area contributed by atoms with Gasteiger partial charge >= 0.3 is 25.8 Å². The fourth-order valence-electron chi connectivity index (χ4n) is 4.88. The number of nitrogens with zero attached hydrogens (tertiary/aromatic N) is 1. The quantitative estimate of drug-likeness (QED) is 0.117. The van der Waals surface area contributed by atoms with Gasteiger partial charge in [0.2, 0.25) is 13.6 Å². The van der Waals surface area contributed by atoms with Gasteiger partial charge in [-0.3, -0.25) is 18.9 Å². The molecular weight excluding hydrogens is 647 g/mol. The number of hydrogen-bond acceptors (Lipinski definition) is 15. The molecule has 1 aromatic rings. The summed E-state index contributed by atoms with van der Waals surface area (Å²) in [6, 6.07) is 1.11. The molecule has 0 unspecified atom stereocenters. The second kappa shape index (κ2) is 15.4. The summed E-state index contributed by atoms with van der Waals surface area (Å²) < 4.78 is 62.0. The largest absolute Gasteiger partial charge is 0.510 e. The van der Waals surface area contributed by atoms with Crippen molar-refractivity contribution in [2.45, 2.75) is 102 Å². The predicted molar refractivity (Wildman–Crippen MR) is 153 cm³/mol. The van der Waals surface area contributed by atoms with E-state index in [0.29, 0.717) is 25.7 Å². The maximum atomic E-state index is 13.6. The monoisotopic (exact) mass is 686 g/mol. The van der Waals surface area contributed by atoms with E-state index in [1.54, 1.807) is 34.6 Å². The Morgan fingerprint density at radius 3 is 2.11 bits per heavy atom. The molecule has 0 amide bonds. The van der Waals surface area contributed by atoms with Crippen molar-refractivity contribution in [1.82, 2.24) is 9.55 Å². The van der Waals surface area contributed by atoms with E-state index in [2.05, 4.69) is 4.98 Å². The molecule has 3 rings (SSSR count). The molecule has 3 atom stereocenters. The third-order valence-electron chi connectivity index (χ3n) is 6.64. The Morgan fingerprint density at radius 1 is 1.07 bits per heavy atom. The van der Waals surface area contributed by atoms with E-state index in [4.69, 9.17) is 53.6 Å². The first-order valence-electron chi connectivity index (χ1n) is 14.2. The van der Waals surface area contributed by atoms with Crippen LogP contribution >= 0.6 is 19.4 Å². The Kier molecular flexibility index (Phi) is 12.6. The van der Waals surface area contributed by atoms with Crippen LogP contribution < -0.4 is 11.2 Å². The van der Waals surface area contributed by atoms with Crippen LogP contribution in [-0.2, 0) is 46.6 Å². The van der Waals surface area contributed by atoms with Crippen LogP contribution in [0.4, 0.5) is 9.59 Å². The number of ether oxygens (including phenoxy) is 6. The minimum Gasteiger partial charge on any atom is -0.432 e. The van der Waals surface area contributed by atoms with Crippen molar-refractivity contribution in [2.75, 3.05) is 26.1 Å². The summed E-state index contributed by atoms with van der Waals surface area (Å²) in [7, 11) is -4.71. The molecule has 19 heteroatoms. The number of alkyl halides is 1. The summed E-state index contributed by atoms with van der Waals surface area (Å²) >= 11 is 6.37. The Balaban J connectivity index is 1.84. The first-order valence-corrected chi connectivity index (χ1v) is 16.2. The highest BCUT2D eigenvalue weighted by Crippen LogP contribution is 2.54. The van der Waals surface area contributed by atoms with Crippen molar-refractivity contribution in [2.24, 2.45) is 0 Å².